The minimum atomic E-state index is 0.144. The standard InChI is InChI=1S/C21H29N3O/c1-5-11-24-19-8-7-17(15(2)3)14-18(19)16(4)20(24)21(25)23-12-6-9-22-10-13-23/h5,7-8,14-15,22H,1,6,9-13H2,2-4H3. The molecule has 0 bridgehead atoms. The van der Waals surface area contributed by atoms with Gasteiger partial charge in [-0.15, -0.1) is 6.58 Å². The van der Waals surface area contributed by atoms with Gasteiger partial charge < -0.3 is 14.8 Å². The number of nitrogens with zero attached hydrogens (tertiary/aromatic N) is 2. The van der Waals surface area contributed by atoms with E-state index in [2.05, 4.69) is 55.4 Å². The number of nitrogens with one attached hydrogen (secondary N) is 1. The molecule has 0 spiro atoms. The van der Waals surface area contributed by atoms with Crippen LogP contribution in [0.25, 0.3) is 10.9 Å². The van der Waals surface area contributed by atoms with Crippen molar-refractivity contribution in [3.8, 4) is 0 Å². The van der Waals surface area contributed by atoms with Crippen molar-refractivity contribution in [1.82, 2.24) is 14.8 Å². The van der Waals surface area contributed by atoms with E-state index in [4.69, 9.17) is 0 Å². The molecule has 1 amide bonds. The van der Waals surface area contributed by atoms with Gasteiger partial charge in [0.15, 0.2) is 0 Å². The lowest BCUT2D eigenvalue weighted by Crippen LogP contribution is -2.35. The molecule has 0 atom stereocenters. The summed E-state index contributed by atoms with van der Waals surface area (Å²) in [4.78, 5) is 15.3. The molecule has 1 aliphatic rings. The first-order valence-corrected chi connectivity index (χ1v) is 9.28. The summed E-state index contributed by atoms with van der Waals surface area (Å²) in [6.07, 6.45) is 2.87. The Morgan fingerprint density at radius 3 is 2.84 bits per heavy atom. The molecular weight excluding hydrogens is 310 g/mol. The van der Waals surface area contributed by atoms with Crippen molar-refractivity contribution in [3.05, 3.63) is 47.7 Å². The van der Waals surface area contributed by atoms with Crippen LogP contribution in [0.3, 0.4) is 0 Å². The number of allylic oxidation sites excluding steroid dienone is 1. The van der Waals surface area contributed by atoms with E-state index >= 15 is 0 Å². The number of amides is 1. The maximum absolute atomic E-state index is 13.3. The summed E-state index contributed by atoms with van der Waals surface area (Å²) < 4.78 is 2.13. The number of hydrogen-bond acceptors (Lipinski definition) is 2. The third kappa shape index (κ3) is 3.36. The predicted octanol–water partition coefficient (Wildman–Crippen LogP) is 3.69. The van der Waals surface area contributed by atoms with Crippen molar-refractivity contribution in [2.24, 2.45) is 0 Å². The second kappa shape index (κ2) is 7.44. The third-order valence-corrected chi connectivity index (χ3v) is 5.15. The molecule has 0 unspecified atom stereocenters. The van der Waals surface area contributed by atoms with Gasteiger partial charge in [0.05, 0.1) is 0 Å². The predicted molar refractivity (Wildman–Crippen MR) is 104 cm³/mol. The first-order chi connectivity index (χ1) is 12.0. The van der Waals surface area contributed by atoms with E-state index in [1.165, 1.54) is 10.9 Å². The number of carbonyl (C=O) groups excluding carboxylic acids is 1. The zero-order chi connectivity index (χ0) is 18.0. The molecule has 1 fully saturated rings. The molecule has 1 aromatic carbocycles. The van der Waals surface area contributed by atoms with Crippen LogP contribution in [-0.4, -0.2) is 41.6 Å². The molecule has 4 nitrogen and oxygen atoms in total. The Labute approximate surface area is 150 Å². The first-order valence-electron chi connectivity index (χ1n) is 9.28. The Hall–Kier alpha value is -2.07. The summed E-state index contributed by atoms with van der Waals surface area (Å²) in [7, 11) is 0. The second-order valence-electron chi connectivity index (χ2n) is 7.20. The Bertz CT molecular complexity index is 780. The SMILES string of the molecule is C=CCn1c(C(=O)N2CCCNCC2)c(C)c2cc(C(C)C)ccc21. The number of carbonyl (C=O) groups is 1. The lowest BCUT2D eigenvalue weighted by atomic mass is 10.0. The highest BCUT2D eigenvalue weighted by Gasteiger charge is 2.25. The molecular formula is C21H29N3O. The van der Waals surface area contributed by atoms with E-state index in [-0.39, 0.29) is 5.91 Å². The summed E-state index contributed by atoms with van der Waals surface area (Å²) in [6.45, 7) is 14.5. The van der Waals surface area contributed by atoms with Gasteiger partial charge in [-0.1, -0.05) is 26.0 Å². The fraction of sp³-hybridized carbons (Fsp3) is 0.476. The van der Waals surface area contributed by atoms with E-state index < -0.39 is 0 Å². The van der Waals surface area contributed by atoms with Crippen LogP contribution in [0.4, 0.5) is 0 Å². The van der Waals surface area contributed by atoms with Crippen LogP contribution in [0, 0.1) is 6.92 Å². The van der Waals surface area contributed by atoms with Gasteiger partial charge in [0.25, 0.3) is 5.91 Å². The Morgan fingerprint density at radius 2 is 2.12 bits per heavy atom. The molecule has 1 aliphatic heterocycles. The quantitative estimate of drug-likeness (QED) is 0.863. The summed E-state index contributed by atoms with van der Waals surface area (Å²) in [5.41, 5.74) is 4.33. The van der Waals surface area contributed by atoms with Crippen LogP contribution in [-0.2, 0) is 6.54 Å². The van der Waals surface area contributed by atoms with Crippen LogP contribution in [0.1, 0.15) is 47.8 Å². The fourth-order valence-corrected chi connectivity index (χ4v) is 3.69. The van der Waals surface area contributed by atoms with Crippen molar-refractivity contribution in [3.63, 3.8) is 0 Å². The van der Waals surface area contributed by atoms with E-state index in [0.717, 1.165) is 49.4 Å². The summed E-state index contributed by atoms with van der Waals surface area (Å²) in [5.74, 6) is 0.618. The molecule has 0 saturated carbocycles. The zero-order valence-corrected chi connectivity index (χ0v) is 15.6. The number of rotatable bonds is 4. The fourth-order valence-electron chi connectivity index (χ4n) is 3.69. The lowest BCUT2D eigenvalue weighted by molar-refractivity contribution is 0.0756. The van der Waals surface area contributed by atoms with Crippen molar-refractivity contribution < 1.29 is 4.79 Å². The second-order valence-corrected chi connectivity index (χ2v) is 7.20. The van der Waals surface area contributed by atoms with Crippen molar-refractivity contribution in [2.45, 2.75) is 39.7 Å². The molecule has 1 N–H and O–H groups in total. The Kier molecular flexibility index (Phi) is 5.28. The van der Waals surface area contributed by atoms with Gasteiger partial charge >= 0.3 is 0 Å². The average molecular weight is 339 g/mol. The molecule has 2 aromatic rings. The first kappa shape index (κ1) is 17.7. The Balaban J connectivity index is 2.11. The molecule has 134 valence electrons. The van der Waals surface area contributed by atoms with E-state index in [9.17, 15) is 4.79 Å². The average Bonchev–Trinajstić information content (AvgIpc) is 2.78. The van der Waals surface area contributed by atoms with Crippen LogP contribution in [0.5, 0.6) is 0 Å². The summed E-state index contributed by atoms with van der Waals surface area (Å²) in [6, 6.07) is 6.58. The van der Waals surface area contributed by atoms with Gasteiger partial charge in [0.1, 0.15) is 5.69 Å². The minimum absolute atomic E-state index is 0.144. The largest absolute Gasteiger partial charge is 0.336 e. The maximum atomic E-state index is 13.3. The highest BCUT2D eigenvalue weighted by atomic mass is 16.2. The molecule has 1 aromatic heterocycles. The molecule has 25 heavy (non-hydrogen) atoms. The van der Waals surface area contributed by atoms with Crippen molar-refractivity contribution >= 4 is 16.8 Å². The maximum Gasteiger partial charge on any atom is 0.270 e. The number of aryl methyl sites for hydroxylation is 1. The van der Waals surface area contributed by atoms with Gasteiger partial charge in [0.2, 0.25) is 0 Å². The Morgan fingerprint density at radius 1 is 1.32 bits per heavy atom. The van der Waals surface area contributed by atoms with Gasteiger partial charge in [-0.2, -0.15) is 0 Å². The highest BCUT2D eigenvalue weighted by molar-refractivity contribution is 6.02. The van der Waals surface area contributed by atoms with Crippen LogP contribution >= 0.6 is 0 Å². The third-order valence-electron chi connectivity index (χ3n) is 5.15. The van der Waals surface area contributed by atoms with Gasteiger partial charge in [0, 0.05) is 37.1 Å². The number of hydrogen-bond donors (Lipinski definition) is 1. The minimum Gasteiger partial charge on any atom is -0.336 e. The molecule has 2 heterocycles. The summed E-state index contributed by atoms with van der Waals surface area (Å²) >= 11 is 0. The number of fused-ring (bicyclic) bond motifs is 1. The monoisotopic (exact) mass is 339 g/mol. The molecule has 0 radical (unpaired) electrons. The smallest absolute Gasteiger partial charge is 0.270 e. The number of benzene rings is 1. The van der Waals surface area contributed by atoms with Crippen LogP contribution < -0.4 is 5.32 Å². The summed E-state index contributed by atoms with van der Waals surface area (Å²) in [5, 5.41) is 4.55. The van der Waals surface area contributed by atoms with Crippen LogP contribution in [0.15, 0.2) is 30.9 Å². The molecule has 3 rings (SSSR count). The van der Waals surface area contributed by atoms with E-state index in [1.54, 1.807) is 0 Å². The normalized spacial score (nSPS) is 15.6. The van der Waals surface area contributed by atoms with Crippen LogP contribution in [0.2, 0.25) is 0 Å². The zero-order valence-electron chi connectivity index (χ0n) is 15.6. The van der Waals surface area contributed by atoms with Gasteiger partial charge in [-0.3, -0.25) is 4.79 Å². The van der Waals surface area contributed by atoms with E-state index in [0.29, 0.717) is 12.5 Å². The van der Waals surface area contributed by atoms with Crippen molar-refractivity contribution in [1.29, 1.82) is 0 Å². The molecule has 0 aliphatic carbocycles. The highest BCUT2D eigenvalue weighted by Crippen LogP contribution is 2.30. The molecule has 1 saturated heterocycles. The number of aromatic nitrogens is 1. The lowest BCUT2D eigenvalue weighted by Gasteiger charge is -2.21. The topological polar surface area (TPSA) is 37.3 Å². The van der Waals surface area contributed by atoms with Gasteiger partial charge in [-0.05, 0) is 49.1 Å². The van der Waals surface area contributed by atoms with E-state index in [1.807, 2.05) is 11.0 Å². The van der Waals surface area contributed by atoms with Crippen molar-refractivity contribution in [2.75, 3.05) is 26.2 Å². The van der Waals surface area contributed by atoms with Gasteiger partial charge in [-0.25, -0.2) is 0 Å². The molecule has 4 heteroatoms.